The van der Waals surface area contributed by atoms with Crippen molar-refractivity contribution < 1.29 is 19.1 Å². The number of benzene rings is 1. The molecule has 3 unspecified atom stereocenters. The van der Waals surface area contributed by atoms with Crippen LogP contribution in [0, 0.1) is 11.8 Å². The number of methoxy groups -OCH3 is 1. The van der Waals surface area contributed by atoms with Gasteiger partial charge in [0.2, 0.25) is 5.91 Å². The first-order chi connectivity index (χ1) is 17.0. The molecule has 0 saturated heterocycles. The standard InChI is InChI=1S/C29H38N2O4/c1-20(22-8-10-23(11-9-22)29(33)34-2)31-28(32)25-13-12-24(18-25)27-15-14-26(19-30-27)35-17-16-21-6-4-3-5-7-21/h8-11,14-15,19-21,24-25H,3-7,12-13,16-18H2,1-2H3,(H,31,32). The van der Waals surface area contributed by atoms with Crippen molar-refractivity contribution in [1.82, 2.24) is 10.3 Å². The van der Waals surface area contributed by atoms with Gasteiger partial charge in [0.25, 0.3) is 0 Å². The predicted octanol–water partition coefficient (Wildman–Crippen LogP) is 5.98. The molecule has 0 spiro atoms. The van der Waals surface area contributed by atoms with E-state index in [1.54, 1.807) is 12.1 Å². The molecule has 6 heteroatoms. The Morgan fingerprint density at radius 1 is 1.03 bits per heavy atom. The number of pyridine rings is 1. The minimum atomic E-state index is -0.363. The number of amides is 1. The van der Waals surface area contributed by atoms with Gasteiger partial charge in [0, 0.05) is 17.5 Å². The molecule has 0 bridgehead atoms. The van der Waals surface area contributed by atoms with E-state index >= 15 is 0 Å². The Morgan fingerprint density at radius 2 is 1.80 bits per heavy atom. The molecule has 1 N–H and O–H groups in total. The van der Waals surface area contributed by atoms with E-state index in [9.17, 15) is 9.59 Å². The molecule has 188 valence electrons. The van der Waals surface area contributed by atoms with Crippen LogP contribution >= 0.6 is 0 Å². The Kier molecular flexibility index (Phi) is 8.78. The second-order valence-electron chi connectivity index (χ2n) is 10.1. The summed E-state index contributed by atoms with van der Waals surface area (Å²) in [4.78, 5) is 29.2. The average molecular weight is 479 g/mol. The zero-order valence-electron chi connectivity index (χ0n) is 21.0. The van der Waals surface area contributed by atoms with Crippen LogP contribution in [0.25, 0.3) is 0 Å². The molecule has 35 heavy (non-hydrogen) atoms. The van der Waals surface area contributed by atoms with Gasteiger partial charge in [-0.2, -0.15) is 0 Å². The predicted molar refractivity (Wildman–Crippen MR) is 135 cm³/mol. The maximum absolute atomic E-state index is 12.9. The molecular formula is C29H38N2O4. The molecule has 3 atom stereocenters. The largest absolute Gasteiger partial charge is 0.492 e. The zero-order valence-corrected chi connectivity index (χ0v) is 21.0. The lowest BCUT2D eigenvalue weighted by atomic mass is 9.87. The van der Waals surface area contributed by atoms with E-state index in [1.807, 2.05) is 31.3 Å². The fourth-order valence-electron chi connectivity index (χ4n) is 5.47. The van der Waals surface area contributed by atoms with Crippen LogP contribution < -0.4 is 10.1 Å². The molecule has 1 amide bonds. The summed E-state index contributed by atoms with van der Waals surface area (Å²) >= 11 is 0. The summed E-state index contributed by atoms with van der Waals surface area (Å²) in [5.74, 6) is 1.67. The molecule has 2 fully saturated rings. The number of hydrogen-bond donors (Lipinski definition) is 1. The van der Waals surface area contributed by atoms with Gasteiger partial charge >= 0.3 is 5.97 Å². The van der Waals surface area contributed by atoms with E-state index < -0.39 is 0 Å². The van der Waals surface area contributed by atoms with Crippen LogP contribution in [0.4, 0.5) is 0 Å². The van der Waals surface area contributed by atoms with Gasteiger partial charge < -0.3 is 14.8 Å². The van der Waals surface area contributed by atoms with E-state index in [2.05, 4.69) is 16.4 Å². The summed E-state index contributed by atoms with van der Waals surface area (Å²) in [5.41, 5.74) is 2.51. The molecule has 1 aromatic carbocycles. The SMILES string of the molecule is COC(=O)c1ccc(C(C)NC(=O)C2CCC(c3ccc(OCCC4CCCCC4)cn3)C2)cc1. The van der Waals surface area contributed by atoms with E-state index in [1.165, 1.54) is 39.2 Å². The van der Waals surface area contributed by atoms with Crippen LogP contribution in [0.3, 0.4) is 0 Å². The van der Waals surface area contributed by atoms with Gasteiger partial charge in [-0.05, 0) is 68.4 Å². The highest BCUT2D eigenvalue weighted by Crippen LogP contribution is 2.38. The van der Waals surface area contributed by atoms with Crippen molar-refractivity contribution in [2.75, 3.05) is 13.7 Å². The monoisotopic (exact) mass is 478 g/mol. The first kappa shape index (κ1) is 25.2. The molecular weight excluding hydrogens is 440 g/mol. The van der Waals surface area contributed by atoms with Crippen molar-refractivity contribution in [2.45, 2.75) is 76.7 Å². The minimum Gasteiger partial charge on any atom is -0.492 e. The van der Waals surface area contributed by atoms with Crippen LogP contribution in [0.2, 0.25) is 0 Å². The number of aromatic nitrogens is 1. The average Bonchev–Trinajstić information content (AvgIpc) is 3.40. The van der Waals surface area contributed by atoms with Crippen LogP contribution in [0.5, 0.6) is 5.75 Å². The Bertz CT molecular complexity index is 967. The van der Waals surface area contributed by atoms with Crippen molar-refractivity contribution in [1.29, 1.82) is 0 Å². The normalized spacial score (nSPS) is 21.3. The molecule has 0 radical (unpaired) electrons. The molecule has 1 heterocycles. The smallest absolute Gasteiger partial charge is 0.337 e. The first-order valence-corrected chi connectivity index (χ1v) is 13.1. The van der Waals surface area contributed by atoms with Gasteiger partial charge in [0.05, 0.1) is 31.5 Å². The highest BCUT2D eigenvalue weighted by molar-refractivity contribution is 5.89. The third-order valence-electron chi connectivity index (χ3n) is 7.69. The van der Waals surface area contributed by atoms with Crippen molar-refractivity contribution in [3.05, 3.63) is 59.4 Å². The second-order valence-corrected chi connectivity index (χ2v) is 10.1. The summed E-state index contributed by atoms with van der Waals surface area (Å²) in [5, 5.41) is 3.14. The number of carbonyl (C=O) groups excluding carboxylic acids is 2. The third-order valence-corrected chi connectivity index (χ3v) is 7.69. The zero-order chi connectivity index (χ0) is 24.6. The Labute approximate surface area is 208 Å². The van der Waals surface area contributed by atoms with Gasteiger partial charge in [-0.3, -0.25) is 9.78 Å². The number of nitrogens with one attached hydrogen (secondary N) is 1. The van der Waals surface area contributed by atoms with Crippen molar-refractivity contribution >= 4 is 11.9 Å². The lowest BCUT2D eigenvalue weighted by Crippen LogP contribution is -2.31. The van der Waals surface area contributed by atoms with Crippen LogP contribution in [0.15, 0.2) is 42.6 Å². The Hall–Kier alpha value is -2.89. The molecule has 2 aliphatic carbocycles. The van der Waals surface area contributed by atoms with Crippen molar-refractivity contribution in [2.24, 2.45) is 11.8 Å². The molecule has 2 saturated carbocycles. The molecule has 1 aromatic heterocycles. The van der Waals surface area contributed by atoms with Crippen LogP contribution in [-0.4, -0.2) is 30.6 Å². The number of carbonyl (C=O) groups is 2. The van der Waals surface area contributed by atoms with Crippen molar-refractivity contribution in [3.63, 3.8) is 0 Å². The Balaban J connectivity index is 1.22. The van der Waals surface area contributed by atoms with Gasteiger partial charge in [-0.25, -0.2) is 4.79 Å². The maximum atomic E-state index is 12.9. The van der Waals surface area contributed by atoms with Gasteiger partial charge in [-0.1, -0.05) is 44.2 Å². The summed E-state index contributed by atoms with van der Waals surface area (Å²) in [6, 6.07) is 11.1. The second kappa shape index (κ2) is 12.2. The van der Waals surface area contributed by atoms with Gasteiger partial charge in [0.1, 0.15) is 5.75 Å². The van der Waals surface area contributed by atoms with Gasteiger partial charge in [-0.15, -0.1) is 0 Å². The minimum absolute atomic E-state index is 0.00925. The van der Waals surface area contributed by atoms with Crippen LogP contribution in [-0.2, 0) is 9.53 Å². The summed E-state index contributed by atoms with van der Waals surface area (Å²) in [7, 11) is 1.37. The highest BCUT2D eigenvalue weighted by Gasteiger charge is 2.32. The number of ether oxygens (including phenoxy) is 2. The maximum Gasteiger partial charge on any atom is 0.337 e. The van der Waals surface area contributed by atoms with Gasteiger partial charge in [0.15, 0.2) is 0 Å². The summed E-state index contributed by atoms with van der Waals surface area (Å²) in [6.07, 6.45) is 12.4. The molecule has 0 aliphatic heterocycles. The third kappa shape index (κ3) is 6.83. The summed E-state index contributed by atoms with van der Waals surface area (Å²) in [6.45, 7) is 2.73. The summed E-state index contributed by atoms with van der Waals surface area (Å²) < 4.78 is 10.7. The van der Waals surface area contributed by atoms with E-state index in [4.69, 9.17) is 9.47 Å². The van der Waals surface area contributed by atoms with Crippen LogP contribution in [0.1, 0.15) is 98.3 Å². The molecule has 2 aliphatic rings. The number of hydrogen-bond acceptors (Lipinski definition) is 5. The van der Waals surface area contributed by atoms with E-state index in [0.717, 1.165) is 55.2 Å². The Morgan fingerprint density at radius 3 is 2.49 bits per heavy atom. The fourth-order valence-corrected chi connectivity index (χ4v) is 5.47. The lowest BCUT2D eigenvalue weighted by molar-refractivity contribution is -0.125. The topological polar surface area (TPSA) is 77.5 Å². The lowest BCUT2D eigenvalue weighted by Gasteiger charge is -2.21. The number of rotatable bonds is 9. The van der Waals surface area contributed by atoms with E-state index in [0.29, 0.717) is 11.5 Å². The molecule has 4 rings (SSSR count). The molecule has 2 aromatic rings. The number of nitrogens with zero attached hydrogens (tertiary/aromatic N) is 1. The first-order valence-electron chi connectivity index (χ1n) is 13.1. The molecule has 6 nitrogen and oxygen atoms in total. The fraction of sp³-hybridized carbons (Fsp3) is 0.552. The van der Waals surface area contributed by atoms with Crippen molar-refractivity contribution in [3.8, 4) is 5.75 Å². The van der Waals surface area contributed by atoms with E-state index in [-0.39, 0.29) is 23.8 Å². The quantitative estimate of drug-likeness (QED) is 0.449. The highest BCUT2D eigenvalue weighted by atomic mass is 16.5. The number of esters is 1.